The molecule has 98 valence electrons. The van der Waals surface area contributed by atoms with Gasteiger partial charge in [-0.25, -0.2) is 4.79 Å². The number of rotatable bonds is 2. The number of phenolic OH excluding ortho intramolecular Hbond substituents is 1. The predicted octanol–water partition coefficient (Wildman–Crippen LogP) is 1.50. The number of esters is 1. The van der Waals surface area contributed by atoms with E-state index >= 15 is 0 Å². The molecule has 0 bridgehead atoms. The van der Waals surface area contributed by atoms with E-state index < -0.39 is 17.1 Å². The molecular formula is C12H9NO5S. The molecule has 0 aromatic heterocycles. The molecule has 0 spiro atoms. The highest BCUT2D eigenvalue weighted by molar-refractivity contribution is 8.18. The summed E-state index contributed by atoms with van der Waals surface area (Å²) in [5.74, 6) is -1.38. The van der Waals surface area contributed by atoms with Gasteiger partial charge in [-0.1, -0.05) is 6.07 Å². The van der Waals surface area contributed by atoms with E-state index in [9.17, 15) is 19.5 Å². The number of carbonyl (C=O) groups excluding carboxylic acids is 3. The lowest BCUT2D eigenvalue weighted by Crippen LogP contribution is -2.17. The van der Waals surface area contributed by atoms with Gasteiger partial charge in [-0.3, -0.25) is 14.9 Å². The molecule has 6 nitrogen and oxygen atoms in total. The van der Waals surface area contributed by atoms with E-state index in [2.05, 4.69) is 10.1 Å². The van der Waals surface area contributed by atoms with E-state index in [-0.39, 0.29) is 16.2 Å². The molecule has 7 heteroatoms. The summed E-state index contributed by atoms with van der Waals surface area (Å²) in [6.45, 7) is 0. The van der Waals surface area contributed by atoms with E-state index in [1.807, 2.05) is 0 Å². The van der Waals surface area contributed by atoms with Gasteiger partial charge < -0.3 is 9.84 Å². The molecule has 0 unspecified atom stereocenters. The van der Waals surface area contributed by atoms with Crippen LogP contribution in [0.15, 0.2) is 23.1 Å². The van der Waals surface area contributed by atoms with Crippen molar-refractivity contribution in [3.05, 3.63) is 34.2 Å². The monoisotopic (exact) mass is 279 g/mol. The molecule has 2 rings (SSSR count). The third-order valence-corrected chi connectivity index (χ3v) is 3.18. The molecule has 1 heterocycles. The van der Waals surface area contributed by atoms with Crippen LogP contribution in [0.5, 0.6) is 5.75 Å². The first kappa shape index (κ1) is 13.2. The maximum Gasteiger partial charge on any atom is 0.341 e. The number of hydrogen-bond acceptors (Lipinski definition) is 6. The fraction of sp³-hybridized carbons (Fsp3) is 0.0833. The molecule has 2 amide bonds. The Kier molecular flexibility index (Phi) is 3.57. The minimum atomic E-state index is -0.683. The van der Waals surface area contributed by atoms with Crippen LogP contribution < -0.4 is 5.32 Å². The zero-order chi connectivity index (χ0) is 14.0. The SMILES string of the molecule is COC(=O)c1cc(C=C2SC(=O)NC2=O)ccc1O. The molecule has 0 atom stereocenters. The molecule has 1 fully saturated rings. The summed E-state index contributed by atoms with van der Waals surface area (Å²) in [6, 6.07) is 4.22. The normalized spacial score (nSPS) is 16.6. The van der Waals surface area contributed by atoms with E-state index in [4.69, 9.17) is 0 Å². The topological polar surface area (TPSA) is 92.7 Å². The van der Waals surface area contributed by atoms with E-state index in [1.54, 1.807) is 0 Å². The van der Waals surface area contributed by atoms with Gasteiger partial charge in [0, 0.05) is 0 Å². The van der Waals surface area contributed by atoms with Crippen molar-refractivity contribution < 1.29 is 24.2 Å². The fourth-order valence-electron chi connectivity index (χ4n) is 1.49. The highest BCUT2D eigenvalue weighted by atomic mass is 32.2. The number of methoxy groups -OCH3 is 1. The van der Waals surface area contributed by atoms with E-state index in [1.165, 1.54) is 31.4 Å². The number of benzene rings is 1. The smallest absolute Gasteiger partial charge is 0.341 e. The zero-order valence-electron chi connectivity index (χ0n) is 9.80. The second-order valence-corrected chi connectivity index (χ2v) is 4.64. The van der Waals surface area contributed by atoms with Crippen molar-refractivity contribution in [1.29, 1.82) is 0 Å². The second-order valence-electron chi connectivity index (χ2n) is 3.62. The number of thioether (sulfide) groups is 1. The summed E-state index contributed by atoms with van der Waals surface area (Å²) in [6.07, 6.45) is 1.46. The standard InChI is InChI=1S/C12H9NO5S/c1-18-11(16)7-4-6(2-3-8(7)14)5-9-10(15)13-12(17)19-9/h2-5,14H,1H3,(H,13,15,17). The lowest BCUT2D eigenvalue weighted by Gasteiger charge is -2.03. The summed E-state index contributed by atoms with van der Waals surface area (Å²) in [4.78, 5) is 34.0. The maximum atomic E-state index is 11.4. The van der Waals surface area contributed by atoms with Crippen molar-refractivity contribution in [2.45, 2.75) is 0 Å². The molecule has 19 heavy (non-hydrogen) atoms. The van der Waals surface area contributed by atoms with E-state index in [0.717, 1.165) is 11.8 Å². The van der Waals surface area contributed by atoms with Gasteiger partial charge in [0.1, 0.15) is 11.3 Å². The van der Waals surface area contributed by atoms with Crippen LogP contribution >= 0.6 is 11.8 Å². The number of amides is 2. The third kappa shape index (κ3) is 2.76. The Bertz CT molecular complexity index is 608. The first-order valence-electron chi connectivity index (χ1n) is 5.17. The van der Waals surface area contributed by atoms with Crippen LogP contribution in [0.1, 0.15) is 15.9 Å². The molecule has 1 aliphatic heterocycles. The number of nitrogens with one attached hydrogen (secondary N) is 1. The molecule has 1 aliphatic rings. The minimum absolute atomic E-state index is 0.00779. The summed E-state index contributed by atoms with van der Waals surface area (Å²) < 4.78 is 4.52. The number of ether oxygens (including phenoxy) is 1. The Morgan fingerprint density at radius 2 is 2.16 bits per heavy atom. The zero-order valence-corrected chi connectivity index (χ0v) is 10.6. The molecule has 0 aliphatic carbocycles. The van der Waals surface area contributed by atoms with Crippen molar-refractivity contribution in [3.8, 4) is 5.75 Å². The number of aromatic hydroxyl groups is 1. The van der Waals surface area contributed by atoms with Gasteiger partial charge >= 0.3 is 5.97 Å². The molecule has 1 aromatic rings. The Morgan fingerprint density at radius 3 is 2.74 bits per heavy atom. The quantitative estimate of drug-likeness (QED) is 0.629. The average molecular weight is 279 g/mol. The number of imide groups is 1. The molecule has 1 saturated heterocycles. The summed E-state index contributed by atoms with van der Waals surface area (Å²) in [5.41, 5.74) is 0.497. The summed E-state index contributed by atoms with van der Waals surface area (Å²) >= 11 is 0.776. The van der Waals surface area contributed by atoms with Crippen LogP contribution in [-0.4, -0.2) is 29.3 Å². The van der Waals surface area contributed by atoms with Crippen molar-refractivity contribution in [3.63, 3.8) is 0 Å². The van der Waals surface area contributed by atoms with Gasteiger partial charge in [0.05, 0.1) is 12.0 Å². The number of phenols is 1. The van der Waals surface area contributed by atoms with Crippen LogP contribution in [0.2, 0.25) is 0 Å². The van der Waals surface area contributed by atoms with Crippen LogP contribution in [0.4, 0.5) is 4.79 Å². The minimum Gasteiger partial charge on any atom is -0.507 e. The lowest BCUT2D eigenvalue weighted by atomic mass is 10.1. The van der Waals surface area contributed by atoms with Gasteiger partial charge in [0.15, 0.2) is 0 Å². The van der Waals surface area contributed by atoms with Crippen LogP contribution in [0.25, 0.3) is 6.08 Å². The van der Waals surface area contributed by atoms with Crippen LogP contribution in [0, 0.1) is 0 Å². The molecule has 0 radical (unpaired) electrons. The van der Waals surface area contributed by atoms with Crippen LogP contribution in [-0.2, 0) is 9.53 Å². The number of carbonyl (C=O) groups is 3. The van der Waals surface area contributed by atoms with Crippen molar-refractivity contribution >= 4 is 35.0 Å². The fourth-order valence-corrected chi connectivity index (χ4v) is 2.17. The Hall–Kier alpha value is -2.28. The molecule has 0 saturated carbocycles. The Morgan fingerprint density at radius 1 is 1.42 bits per heavy atom. The van der Waals surface area contributed by atoms with Gasteiger partial charge in [0.25, 0.3) is 11.1 Å². The highest BCUT2D eigenvalue weighted by Crippen LogP contribution is 2.27. The third-order valence-electron chi connectivity index (χ3n) is 2.37. The van der Waals surface area contributed by atoms with Gasteiger partial charge in [0.2, 0.25) is 0 Å². The first-order chi connectivity index (χ1) is 9.01. The molecule has 1 aromatic carbocycles. The largest absolute Gasteiger partial charge is 0.507 e. The average Bonchev–Trinajstić information content (AvgIpc) is 2.69. The summed E-state index contributed by atoms with van der Waals surface area (Å²) in [7, 11) is 1.20. The van der Waals surface area contributed by atoms with Crippen molar-refractivity contribution in [1.82, 2.24) is 5.32 Å². The first-order valence-corrected chi connectivity index (χ1v) is 5.99. The Labute approximate surface area is 112 Å². The van der Waals surface area contributed by atoms with E-state index in [0.29, 0.717) is 5.56 Å². The highest BCUT2D eigenvalue weighted by Gasteiger charge is 2.25. The lowest BCUT2D eigenvalue weighted by molar-refractivity contribution is -0.115. The molecule has 2 N–H and O–H groups in total. The van der Waals surface area contributed by atoms with Gasteiger partial charge in [-0.15, -0.1) is 0 Å². The van der Waals surface area contributed by atoms with Gasteiger partial charge in [-0.2, -0.15) is 0 Å². The maximum absolute atomic E-state index is 11.4. The van der Waals surface area contributed by atoms with Gasteiger partial charge in [-0.05, 0) is 35.5 Å². The summed E-state index contributed by atoms with van der Waals surface area (Å²) in [5, 5.41) is 11.2. The van der Waals surface area contributed by atoms with Crippen molar-refractivity contribution in [2.24, 2.45) is 0 Å². The van der Waals surface area contributed by atoms with Crippen molar-refractivity contribution in [2.75, 3.05) is 7.11 Å². The van der Waals surface area contributed by atoms with Crippen LogP contribution in [0.3, 0.4) is 0 Å². The Balaban J connectivity index is 2.37. The number of hydrogen-bond donors (Lipinski definition) is 2. The predicted molar refractivity (Wildman–Crippen MR) is 68.6 cm³/mol. The second kappa shape index (κ2) is 5.15. The molecular weight excluding hydrogens is 270 g/mol.